The number of fused-ring (bicyclic) bond motifs is 5. The third-order valence-electron chi connectivity index (χ3n) is 6.41. The van der Waals surface area contributed by atoms with Crippen LogP contribution >= 0.6 is 0 Å². The zero-order valence-electron chi connectivity index (χ0n) is 18.3. The molecule has 0 bridgehead atoms. The Balaban J connectivity index is 0.000000265. The summed E-state index contributed by atoms with van der Waals surface area (Å²) in [5.74, 6) is -1.44. The minimum atomic E-state index is -1.26. The topological polar surface area (TPSA) is 101 Å². The Hall–Kier alpha value is -3.06. The molecular weight excluding hydrogens is 408 g/mol. The third-order valence-corrected chi connectivity index (χ3v) is 6.41. The van der Waals surface area contributed by atoms with Crippen molar-refractivity contribution in [1.82, 2.24) is 9.88 Å². The van der Waals surface area contributed by atoms with Crippen LogP contribution in [0.4, 0.5) is 0 Å². The van der Waals surface area contributed by atoms with E-state index in [1.165, 1.54) is 53.8 Å². The highest BCUT2D eigenvalue weighted by Gasteiger charge is 2.27. The van der Waals surface area contributed by atoms with Crippen molar-refractivity contribution < 1.29 is 24.5 Å². The molecule has 170 valence electrons. The Morgan fingerprint density at radius 3 is 2.44 bits per heavy atom. The first-order chi connectivity index (χ1) is 15.4. The number of carbonyl (C=O) groups is 2. The third kappa shape index (κ3) is 4.88. The molecule has 2 heterocycles. The van der Waals surface area contributed by atoms with Gasteiger partial charge >= 0.3 is 11.9 Å². The molecule has 1 unspecified atom stereocenters. The first-order valence-electron chi connectivity index (χ1n) is 11.3. The second-order valence-electron chi connectivity index (χ2n) is 8.62. The van der Waals surface area contributed by atoms with Crippen LogP contribution in [-0.4, -0.2) is 39.4 Å². The highest BCUT2D eigenvalue weighted by Crippen LogP contribution is 2.40. The second-order valence-corrected chi connectivity index (χ2v) is 8.62. The lowest BCUT2D eigenvalue weighted by Gasteiger charge is -2.27. The van der Waals surface area contributed by atoms with Gasteiger partial charge in [-0.2, -0.15) is 0 Å². The van der Waals surface area contributed by atoms with Crippen LogP contribution in [0.1, 0.15) is 55.5 Å². The van der Waals surface area contributed by atoms with Crippen LogP contribution in [0.5, 0.6) is 5.75 Å². The van der Waals surface area contributed by atoms with Gasteiger partial charge in [0.05, 0.1) is 11.8 Å². The zero-order valence-corrected chi connectivity index (χ0v) is 18.3. The molecule has 3 aliphatic rings. The van der Waals surface area contributed by atoms with Crippen molar-refractivity contribution in [3.63, 3.8) is 0 Å². The van der Waals surface area contributed by atoms with Crippen molar-refractivity contribution in [1.29, 1.82) is 0 Å². The molecule has 2 aliphatic carbocycles. The smallest absolute Gasteiger partial charge is 0.328 e. The summed E-state index contributed by atoms with van der Waals surface area (Å²) in [5, 5.41) is 19.2. The van der Waals surface area contributed by atoms with Gasteiger partial charge in [-0.25, -0.2) is 9.59 Å². The summed E-state index contributed by atoms with van der Waals surface area (Å²) >= 11 is 0. The number of aliphatic carboxylic acids is 2. The molecule has 5 rings (SSSR count). The van der Waals surface area contributed by atoms with E-state index in [1.807, 2.05) is 0 Å². The number of hydrogen-bond donors (Lipinski definition) is 3. The van der Waals surface area contributed by atoms with E-state index in [-0.39, 0.29) is 0 Å². The molecule has 0 saturated heterocycles. The van der Waals surface area contributed by atoms with Gasteiger partial charge in [0.25, 0.3) is 0 Å². The minimum Gasteiger partial charge on any atom is -0.490 e. The van der Waals surface area contributed by atoms with Crippen LogP contribution in [0.25, 0.3) is 11.3 Å². The Labute approximate surface area is 187 Å². The average Bonchev–Trinajstić information content (AvgIpc) is 3.41. The number of carboxylic acid groups (broad SMARTS) is 2. The van der Waals surface area contributed by atoms with Crippen molar-refractivity contribution in [3.05, 3.63) is 53.2 Å². The van der Waals surface area contributed by atoms with Gasteiger partial charge in [0, 0.05) is 42.5 Å². The molecule has 1 aliphatic heterocycles. The highest BCUT2D eigenvalue weighted by atomic mass is 16.5. The van der Waals surface area contributed by atoms with Crippen LogP contribution in [-0.2, 0) is 29.0 Å². The molecule has 1 aromatic carbocycles. The molecule has 1 fully saturated rings. The number of ether oxygens (including phenoxy) is 1. The van der Waals surface area contributed by atoms with E-state index >= 15 is 0 Å². The van der Waals surface area contributed by atoms with Gasteiger partial charge in [-0.15, -0.1) is 0 Å². The van der Waals surface area contributed by atoms with Crippen LogP contribution in [0.15, 0.2) is 36.4 Å². The Morgan fingerprint density at radius 2 is 1.75 bits per heavy atom. The maximum absolute atomic E-state index is 9.55. The molecule has 32 heavy (non-hydrogen) atoms. The van der Waals surface area contributed by atoms with Gasteiger partial charge in [-0.1, -0.05) is 0 Å². The number of aromatic nitrogens is 1. The van der Waals surface area contributed by atoms with E-state index in [9.17, 15) is 9.59 Å². The highest BCUT2D eigenvalue weighted by molar-refractivity contribution is 5.89. The predicted octanol–water partition coefficient (Wildman–Crippen LogP) is 3.95. The SMILES string of the molecule is CC1NCCn2c1cc1c2-c2ccc(OC3CCCC3)cc2CC1.O=C(O)C=CC(=O)O. The lowest BCUT2D eigenvalue weighted by Crippen LogP contribution is -2.31. The summed E-state index contributed by atoms with van der Waals surface area (Å²) in [6.07, 6.45) is 8.93. The fraction of sp³-hybridized carbons (Fsp3) is 0.440. The maximum Gasteiger partial charge on any atom is 0.328 e. The number of nitrogens with zero attached hydrogens (tertiary/aromatic N) is 1. The lowest BCUT2D eigenvalue weighted by atomic mass is 9.90. The van der Waals surface area contributed by atoms with E-state index in [0.29, 0.717) is 24.3 Å². The van der Waals surface area contributed by atoms with Gasteiger partial charge in [0.2, 0.25) is 0 Å². The molecule has 1 saturated carbocycles. The van der Waals surface area contributed by atoms with E-state index in [0.717, 1.165) is 31.7 Å². The van der Waals surface area contributed by atoms with Crippen LogP contribution < -0.4 is 10.1 Å². The van der Waals surface area contributed by atoms with Crippen LogP contribution in [0, 0.1) is 0 Å². The number of aryl methyl sites for hydroxylation is 2. The number of rotatable bonds is 4. The summed E-state index contributed by atoms with van der Waals surface area (Å²) in [6, 6.07) is 9.69. The molecule has 7 heteroatoms. The summed E-state index contributed by atoms with van der Waals surface area (Å²) < 4.78 is 8.77. The fourth-order valence-electron chi connectivity index (χ4n) is 4.93. The first kappa shape index (κ1) is 22.1. The van der Waals surface area contributed by atoms with Gasteiger partial charge in [-0.3, -0.25) is 0 Å². The van der Waals surface area contributed by atoms with Crippen LogP contribution in [0.3, 0.4) is 0 Å². The van der Waals surface area contributed by atoms with Gasteiger partial charge in [0.15, 0.2) is 0 Å². The minimum absolute atomic E-state index is 0.440. The van der Waals surface area contributed by atoms with E-state index in [1.54, 1.807) is 0 Å². The molecule has 2 aromatic rings. The van der Waals surface area contributed by atoms with Crippen molar-refractivity contribution in [2.45, 2.75) is 64.1 Å². The molecular formula is C25H30N2O5. The standard InChI is InChI=1S/C21H26N2O.C4H4O4/c1-14-20-13-16-7-6-15-12-18(24-17-4-2-3-5-17)8-9-19(15)21(16)23(20)11-10-22-14;5-3(6)1-2-4(7)8/h8-9,12-14,17,22H,2-7,10-11H2,1H3;1-2H,(H,5,6)(H,7,8). The van der Waals surface area contributed by atoms with E-state index < -0.39 is 11.9 Å². The summed E-state index contributed by atoms with van der Waals surface area (Å²) in [4.78, 5) is 19.1. The van der Waals surface area contributed by atoms with Crippen molar-refractivity contribution in [3.8, 4) is 17.0 Å². The Morgan fingerprint density at radius 1 is 1.06 bits per heavy atom. The predicted molar refractivity (Wildman–Crippen MR) is 121 cm³/mol. The summed E-state index contributed by atoms with van der Waals surface area (Å²) in [6.45, 7) is 4.41. The summed E-state index contributed by atoms with van der Waals surface area (Å²) in [5.41, 5.74) is 7.33. The van der Waals surface area contributed by atoms with Crippen molar-refractivity contribution >= 4 is 11.9 Å². The molecule has 1 aromatic heterocycles. The molecule has 7 nitrogen and oxygen atoms in total. The Kier molecular flexibility index (Phi) is 6.65. The number of hydrogen-bond acceptors (Lipinski definition) is 4. The quantitative estimate of drug-likeness (QED) is 0.625. The molecule has 3 N–H and O–H groups in total. The van der Waals surface area contributed by atoms with Gasteiger partial charge < -0.3 is 24.8 Å². The van der Waals surface area contributed by atoms with Crippen LogP contribution in [0.2, 0.25) is 0 Å². The Bertz CT molecular complexity index is 1020. The van der Waals surface area contributed by atoms with Crippen molar-refractivity contribution in [2.24, 2.45) is 0 Å². The van der Waals surface area contributed by atoms with Gasteiger partial charge in [-0.05, 0) is 80.8 Å². The van der Waals surface area contributed by atoms with Gasteiger partial charge in [0.1, 0.15) is 5.75 Å². The van der Waals surface area contributed by atoms with E-state index in [4.69, 9.17) is 14.9 Å². The van der Waals surface area contributed by atoms with Crippen molar-refractivity contribution in [2.75, 3.05) is 6.54 Å². The molecule has 0 radical (unpaired) electrons. The monoisotopic (exact) mass is 438 g/mol. The van der Waals surface area contributed by atoms with E-state index in [2.05, 4.69) is 41.1 Å². The molecule has 0 amide bonds. The molecule has 0 spiro atoms. The summed E-state index contributed by atoms with van der Waals surface area (Å²) in [7, 11) is 0. The molecule has 1 atom stereocenters. The lowest BCUT2D eigenvalue weighted by molar-refractivity contribution is -0.134. The second kappa shape index (κ2) is 9.61. The fourth-order valence-corrected chi connectivity index (χ4v) is 4.93. The average molecular weight is 439 g/mol. The first-order valence-corrected chi connectivity index (χ1v) is 11.3. The number of nitrogens with one attached hydrogen (secondary N) is 1. The zero-order chi connectivity index (χ0) is 22.7. The number of carboxylic acids is 2. The maximum atomic E-state index is 9.55. The number of benzene rings is 1. The normalized spacial score (nSPS) is 19.5. The largest absolute Gasteiger partial charge is 0.490 e.